The van der Waals surface area contributed by atoms with Gasteiger partial charge >= 0.3 is 0 Å². The fourth-order valence-electron chi connectivity index (χ4n) is 1.84. The van der Waals surface area contributed by atoms with Gasteiger partial charge in [0.05, 0.1) is 16.5 Å². The molecule has 1 atom stereocenters. The third-order valence-electron chi connectivity index (χ3n) is 2.94. The maximum Gasteiger partial charge on any atom is 0.0897 e. The number of hydrogen-bond acceptors (Lipinski definition) is 4. The average Bonchev–Trinajstić information content (AvgIpc) is 2.80. The summed E-state index contributed by atoms with van der Waals surface area (Å²) < 4.78 is 6.64. The van der Waals surface area contributed by atoms with Gasteiger partial charge in [0.1, 0.15) is 0 Å². The fourth-order valence-corrected chi connectivity index (χ4v) is 3.32. The van der Waals surface area contributed by atoms with E-state index in [0.29, 0.717) is 13.2 Å². The van der Waals surface area contributed by atoms with Crippen molar-refractivity contribution in [2.75, 3.05) is 26.3 Å². The Balaban J connectivity index is 1.93. The highest BCUT2D eigenvalue weighted by atomic mass is 79.9. The van der Waals surface area contributed by atoms with Crippen LogP contribution in [-0.4, -0.2) is 37.5 Å². The molecule has 5 heteroatoms. The van der Waals surface area contributed by atoms with E-state index < -0.39 is 6.10 Å². The minimum atomic E-state index is -0.413. The zero-order valence-corrected chi connectivity index (χ0v) is 14.8. The molecule has 2 N–H and O–H groups in total. The molecule has 1 heterocycles. The third kappa shape index (κ3) is 9.08. The average molecular weight is 364 g/mol. The molecule has 0 aliphatic heterocycles. The van der Waals surface area contributed by atoms with Crippen LogP contribution in [0.15, 0.2) is 15.9 Å². The van der Waals surface area contributed by atoms with Crippen LogP contribution in [0.1, 0.15) is 31.6 Å². The monoisotopic (exact) mass is 363 g/mol. The second kappa shape index (κ2) is 10.7. The van der Waals surface area contributed by atoms with Crippen molar-refractivity contribution in [1.29, 1.82) is 0 Å². The summed E-state index contributed by atoms with van der Waals surface area (Å²) in [5, 5.41) is 13.0. The number of hydrogen-bond donors (Lipinski definition) is 2. The van der Waals surface area contributed by atoms with Gasteiger partial charge in [-0.25, -0.2) is 0 Å². The lowest BCUT2D eigenvalue weighted by Gasteiger charge is -2.12. The highest BCUT2D eigenvalue weighted by Gasteiger charge is 2.04. The van der Waals surface area contributed by atoms with Crippen molar-refractivity contribution in [2.45, 2.75) is 39.2 Å². The summed E-state index contributed by atoms with van der Waals surface area (Å²) in [6.07, 6.45) is 2.85. The summed E-state index contributed by atoms with van der Waals surface area (Å²) >= 11 is 5.21. The van der Waals surface area contributed by atoms with Gasteiger partial charge in [0, 0.05) is 24.6 Å². The zero-order valence-electron chi connectivity index (χ0n) is 12.4. The molecule has 0 amide bonds. The molecule has 1 aromatic heterocycles. The Hall–Kier alpha value is 0.0600. The summed E-state index contributed by atoms with van der Waals surface area (Å²) in [6.45, 7) is 7.08. The number of nitrogens with one attached hydrogen (secondary N) is 1. The Bertz CT molecular complexity index is 357. The minimum Gasteiger partial charge on any atom is -0.389 e. The van der Waals surface area contributed by atoms with E-state index >= 15 is 0 Å². The summed E-state index contributed by atoms with van der Waals surface area (Å²) in [4.78, 5) is 1.35. The molecular weight excluding hydrogens is 338 g/mol. The van der Waals surface area contributed by atoms with Crippen molar-refractivity contribution in [3.8, 4) is 0 Å². The lowest BCUT2D eigenvalue weighted by molar-refractivity contribution is 0.0349. The number of rotatable bonds is 11. The van der Waals surface area contributed by atoms with E-state index in [1.807, 2.05) is 0 Å². The number of thiophene rings is 1. The Morgan fingerprint density at radius 1 is 1.40 bits per heavy atom. The van der Waals surface area contributed by atoms with Gasteiger partial charge in [-0.2, -0.15) is 0 Å². The second-order valence-corrected chi connectivity index (χ2v) is 7.97. The lowest BCUT2D eigenvalue weighted by Crippen LogP contribution is -2.31. The van der Waals surface area contributed by atoms with Crippen LogP contribution in [0.4, 0.5) is 0 Å². The number of ether oxygens (including phenoxy) is 1. The Morgan fingerprint density at radius 2 is 2.20 bits per heavy atom. The summed E-state index contributed by atoms with van der Waals surface area (Å²) in [6, 6.07) is 4.20. The Kier molecular flexibility index (Phi) is 9.72. The van der Waals surface area contributed by atoms with Crippen LogP contribution in [0, 0.1) is 5.92 Å². The van der Waals surface area contributed by atoms with Crippen molar-refractivity contribution in [3.05, 3.63) is 20.8 Å². The first-order valence-corrected chi connectivity index (χ1v) is 8.89. The van der Waals surface area contributed by atoms with E-state index in [1.54, 1.807) is 11.3 Å². The van der Waals surface area contributed by atoms with Crippen LogP contribution in [0.25, 0.3) is 0 Å². The van der Waals surface area contributed by atoms with E-state index in [1.165, 1.54) is 15.1 Å². The second-order valence-electron chi connectivity index (χ2n) is 5.42. The van der Waals surface area contributed by atoms with Gasteiger partial charge in [-0.05, 0) is 53.2 Å². The van der Waals surface area contributed by atoms with Crippen LogP contribution in [-0.2, 0) is 11.2 Å². The van der Waals surface area contributed by atoms with E-state index in [2.05, 4.69) is 47.2 Å². The molecule has 3 nitrogen and oxygen atoms in total. The zero-order chi connectivity index (χ0) is 14.8. The van der Waals surface area contributed by atoms with Gasteiger partial charge in [0.2, 0.25) is 0 Å². The quantitative estimate of drug-likeness (QED) is 0.591. The largest absolute Gasteiger partial charge is 0.389 e. The molecular formula is C15H26BrNO2S. The topological polar surface area (TPSA) is 41.5 Å². The van der Waals surface area contributed by atoms with E-state index in [9.17, 15) is 5.11 Å². The standard InChI is InChI=1S/C15H26BrNO2S/c1-12(2)4-3-9-19-11-13(18)10-17-8-7-14-5-6-15(16)20-14/h5-6,12-13,17-18H,3-4,7-11H2,1-2H3. The number of halogens is 1. The van der Waals surface area contributed by atoms with Crippen LogP contribution in [0.5, 0.6) is 0 Å². The van der Waals surface area contributed by atoms with Gasteiger partial charge in [-0.3, -0.25) is 0 Å². The molecule has 0 radical (unpaired) electrons. The van der Waals surface area contributed by atoms with Crippen molar-refractivity contribution in [3.63, 3.8) is 0 Å². The Morgan fingerprint density at radius 3 is 2.85 bits per heavy atom. The van der Waals surface area contributed by atoms with Crippen LogP contribution in [0.2, 0.25) is 0 Å². The molecule has 0 aliphatic rings. The van der Waals surface area contributed by atoms with E-state index in [4.69, 9.17) is 4.74 Å². The third-order valence-corrected chi connectivity index (χ3v) is 4.62. The SMILES string of the molecule is CC(C)CCCOCC(O)CNCCc1ccc(Br)s1. The van der Waals surface area contributed by atoms with Gasteiger partial charge in [-0.15, -0.1) is 11.3 Å². The molecule has 0 aromatic carbocycles. The number of aliphatic hydroxyl groups is 1. The molecule has 20 heavy (non-hydrogen) atoms. The van der Waals surface area contributed by atoms with Crippen LogP contribution >= 0.6 is 27.3 Å². The first-order valence-electron chi connectivity index (χ1n) is 7.28. The predicted octanol–water partition coefficient (Wildman–Crippen LogP) is 3.46. The predicted molar refractivity (Wildman–Crippen MR) is 89.5 cm³/mol. The summed E-state index contributed by atoms with van der Waals surface area (Å²) in [7, 11) is 0. The maximum atomic E-state index is 9.77. The first kappa shape index (κ1) is 18.1. The fraction of sp³-hybridized carbons (Fsp3) is 0.733. The van der Waals surface area contributed by atoms with Gasteiger partial charge < -0.3 is 15.2 Å². The molecule has 0 aliphatic carbocycles. The summed E-state index contributed by atoms with van der Waals surface area (Å²) in [5.41, 5.74) is 0. The van der Waals surface area contributed by atoms with Crippen molar-refractivity contribution < 1.29 is 9.84 Å². The summed E-state index contributed by atoms with van der Waals surface area (Å²) in [5.74, 6) is 0.725. The van der Waals surface area contributed by atoms with E-state index in [0.717, 1.165) is 31.9 Å². The molecule has 1 rings (SSSR count). The van der Waals surface area contributed by atoms with Crippen molar-refractivity contribution in [1.82, 2.24) is 5.32 Å². The molecule has 1 unspecified atom stereocenters. The van der Waals surface area contributed by atoms with Crippen LogP contribution < -0.4 is 5.32 Å². The molecule has 116 valence electrons. The van der Waals surface area contributed by atoms with Gasteiger partial charge in [-0.1, -0.05) is 13.8 Å². The first-order chi connectivity index (χ1) is 9.58. The Labute approximate surface area is 134 Å². The van der Waals surface area contributed by atoms with Gasteiger partial charge in [0.25, 0.3) is 0 Å². The van der Waals surface area contributed by atoms with Crippen molar-refractivity contribution >= 4 is 27.3 Å². The highest BCUT2D eigenvalue weighted by molar-refractivity contribution is 9.11. The lowest BCUT2D eigenvalue weighted by atomic mass is 10.1. The molecule has 0 bridgehead atoms. The van der Waals surface area contributed by atoms with Crippen molar-refractivity contribution in [2.24, 2.45) is 5.92 Å². The smallest absolute Gasteiger partial charge is 0.0897 e. The molecule has 0 saturated carbocycles. The maximum absolute atomic E-state index is 9.77. The molecule has 1 aromatic rings. The van der Waals surface area contributed by atoms with E-state index in [-0.39, 0.29) is 0 Å². The van der Waals surface area contributed by atoms with Gasteiger partial charge in [0.15, 0.2) is 0 Å². The normalized spacial score (nSPS) is 13.1. The highest BCUT2D eigenvalue weighted by Crippen LogP contribution is 2.21. The van der Waals surface area contributed by atoms with Crippen LogP contribution in [0.3, 0.4) is 0 Å². The number of aliphatic hydroxyl groups excluding tert-OH is 1. The molecule has 0 spiro atoms. The molecule has 0 fully saturated rings. The minimum absolute atomic E-state index is 0.413. The molecule has 0 saturated heterocycles.